The first-order chi connectivity index (χ1) is 8.24. The zero-order valence-corrected chi connectivity index (χ0v) is 9.94. The van der Waals surface area contributed by atoms with Gasteiger partial charge in [0.05, 0.1) is 0 Å². The second-order valence-electron chi connectivity index (χ2n) is 4.92. The summed E-state index contributed by atoms with van der Waals surface area (Å²) in [5, 5.41) is 10.2. The number of hydrogen-bond donors (Lipinski definition) is 2. The van der Waals surface area contributed by atoms with Crippen LogP contribution >= 0.6 is 0 Å². The van der Waals surface area contributed by atoms with Crippen LogP contribution in [0.4, 0.5) is 0 Å². The van der Waals surface area contributed by atoms with Crippen molar-refractivity contribution in [3.8, 4) is 0 Å². The number of amides is 1. The number of hydrogen-bond acceptors (Lipinski definition) is 4. The third-order valence-corrected chi connectivity index (χ3v) is 3.31. The minimum Gasteiger partial charge on any atom is -0.333 e. The fourth-order valence-electron chi connectivity index (χ4n) is 2.17. The van der Waals surface area contributed by atoms with Crippen molar-refractivity contribution in [3.05, 3.63) is 11.6 Å². The largest absolute Gasteiger partial charge is 0.333 e. The molecular weight excluding hydrogens is 218 g/mol. The Balaban J connectivity index is 1.71. The number of carbonyl (C=O) groups is 1. The Morgan fingerprint density at radius 2 is 2.29 bits per heavy atom. The first kappa shape index (κ1) is 10.7. The first-order valence-electron chi connectivity index (χ1n) is 6.19. The Labute approximate surface area is 99.8 Å². The molecule has 1 saturated heterocycles. The van der Waals surface area contributed by atoms with Crippen LogP contribution in [0.5, 0.6) is 0 Å². The molecule has 92 valence electrons. The van der Waals surface area contributed by atoms with E-state index in [1.165, 1.54) is 0 Å². The topological polar surface area (TPSA) is 73.9 Å². The maximum Gasteiger partial charge on any atom is 0.293 e. The summed E-state index contributed by atoms with van der Waals surface area (Å²) in [5.41, 5.74) is 0. The van der Waals surface area contributed by atoms with Crippen molar-refractivity contribution in [1.82, 2.24) is 25.4 Å². The zero-order chi connectivity index (χ0) is 11.8. The van der Waals surface area contributed by atoms with Gasteiger partial charge in [-0.05, 0) is 19.8 Å². The highest BCUT2D eigenvalue weighted by molar-refractivity contribution is 5.90. The highest BCUT2D eigenvalue weighted by atomic mass is 16.2. The quantitative estimate of drug-likeness (QED) is 0.763. The molecule has 1 amide bonds. The van der Waals surface area contributed by atoms with Gasteiger partial charge in [-0.25, -0.2) is 4.98 Å². The third-order valence-electron chi connectivity index (χ3n) is 3.31. The summed E-state index contributed by atoms with van der Waals surface area (Å²) in [5.74, 6) is 1.64. The summed E-state index contributed by atoms with van der Waals surface area (Å²) in [7, 11) is 0. The zero-order valence-electron chi connectivity index (χ0n) is 9.94. The van der Waals surface area contributed by atoms with E-state index in [0.717, 1.165) is 38.3 Å². The molecule has 6 heteroatoms. The normalized spacial score (nSPS) is 25.0. The Bertz CT molecular complexity index is 425. The van der Waals surface area contributed by atoms with Gasteiger partial charge in [0.15, 0.2) is 0 Å². The SMILES string of the molecule is CC1CN(C(=O)c2n[nH]c(C3CC3)n2)CCN1. The maximum atomic E-state index is 12.2. The molecule has 1 aliphatic heterocycles. The Morgan fingerprint density at radius 3 is 3.00 bits per heavy atom. The number of piperazine rings is 1. The molecule has 3 rings (SSSR count). The lowest BCUT2D eigenvalue weighted by Gasteiger charge is -2.30. The van der Waals surface area contributed by atoms with E-state index in [-0.39, 0.29) is 5.91 Å². The number of nitrogens with zero attached hydrogens (tertiary/aromatic N) is 3. The highest BCUT2D eigenvalue weighted by Crippen LogP contribution is 2.37. The summed E-state index contributed by atoms with van der Waals surface area (Å²) in [6.45, 7) is 4.38. The fourth-order valence-corrected chi connectivity index (χ4v) is 2.17. The van der Waals surface area contributed by atoms with Crippen LogP contribution in [0.1, 0.15) is 42.1 Å². The van der Waals surface area contributed by atoms with E-state index >= 15 is 0 Å². The van der Waals surface area contributed by atoms with Gasteiger partial charge < -0.3 is 10.2 Å². The summed E-state index contributed by atoms with van der Waals surface area (Å²) in [6, 6.07) is 0.342. The molecule has 1 aromatic heterocycles. The molecule has 0 spiro atoms. The average Bonchev–Trinajstić information content (AvgIpc) is 3.07. The molecule has 1 saturated carbocycles. The number of nitrogens with one attached hydrogen (secondary N) is 2. The second-order valence-corrected chi connectivity index (χ2v) is 4.92. The van der Waals surface area contributed by atoms with Crippen molar-refractivity contribution in [2.75, 3.05) is 19.6 Å². The smallest absolute Gasteiger partial charge is 0.293 e. The number of carbonyl (C=O) groups excluding carboxylic acids is 1. The lowest BCUT2D eigenvalue weighted by Crippen LogP contribution is -2.51. The van der Waals surface area contributed by atoms with Crippen LogP contribution in [0, 0.1) is 0 Å². The van der Waals surface area contributed by atoms with Gasteiger partial charge in [0.1, 0.15) is 5.82 Å². The van der Waals surface area contributed by atoms with Gasteiger partial charge in [-0.15, -0.1) is 5.10 Å². The predicted molar refractivity (Wildman–Crippen MR) is 61.7 cm³/mol. The molecule has 2 aliphatic rings. The molecule has 17 heavy (non-hydrogen) atoms. The van der Waals surface area contributed by atoms with E-state index in [1.807, 2.05) is 4.90 Å². The van der Waals surface area contributed by atoms with E-state index in [2.05, 4.69) is 27.4 Å². The van der Waals surface area contributed by atoms with E-state index in [4.69, 9.17) is 0 Å². The number of rotatable bonds is 2. The molecule has 1 aromatic rings. The molecule has 1 unspecified atom stereocenters. The molecule has 0 radical (unpaired) electrons. The first-order valence-corrected chi connectivity index (χ1v) is 6.19. The molecule has 0 bridgehead atoms. The van der Waals surface area contributed by atoms with E-state index in [1.54, 1.807) is 0 Å². The molecule has 2 fully saturated rings. The second kappa shape index (κ2) is 4.10. The Kier molecular flexibility index (Phi) is 2.58. The van der Waals surface area contributed by atoms with Crippen LogP contribution in [0.25, 0.3) is 0 Å². The van der Waals surface area contributed by atoms with E-state index in [9.17, 15) is 4.79 Å². The minimum atomic E-state index is -0.0542. The predicted octanol–water partition coefficient (Wildman–Crippen LogP) is 0.116. The molecule has 2 N–H and O–H groups in total. The standard InChI is InChI=1S/C11H17N5O/c1-7-6-16(5-4-12-7)11(17)10-13-9(14-15-10)8-2-3-8/h7-8,12H,2-6H2,1H3,(H,13,14,15). The van der Waals surface area contributed by atoms with Gasteiger partial charge in [0.2, 0.25) is 5.82 Å². The summed E-state index contributed by atoms with van der Waals surface area (Å²) >= 11 is 0. The van der Waals surface area contributed by atoms with Gasteiger partial charge in [-0.2, -0.15) is 0 Å². The Morgan fingerprint density at radius 1 is 1.47 bits per heavy atom. The van der Waals surface area contributed by atoms with Gasteiger partial charge >= 0.3 is 0 Å². The monoisotopic (exact) mass is 235 g/mol. The Hall–Kier alpha value is -1.43. The summed E-state index contributed by atoms with van der Waals surface area (Å²) < 4.78 is 0. The van der Waals surface area contributed by atoms with Crippen molar-refractivity contribution in [2.24, 2.45) is 0 Å². The van der Waals surface area contributed by atoms with E-state index in [0.29, 0.717) is 17.8 Å². The summed E-state index contributed by atoms with van der Waals surface area (Å²) in [4.78, 5) is 18.3. The van der Waals surface area contributed by atoms with Crippen molar-refractivity contribution in [1.29, 1.82) is 0 Å². The number of aromatic nitrogens is 3. The molecule has 1 aliphatic carbocycles. The molecule has 0 aromatic carbocycles. The van der Waals surface area contributed by atoms with Crippen molar-refractivity contribution in [3.63, 3.8) is 0 Å². The number of aromatic amines is 1. The van der Waals surface area contributed by atoms with Crippen LogP contribution in [-0.4, -0.2) is 51.7 Å². The van der Waals surface area contributed by atoms with Crippen LogP contribution in [-0.2, 0) is 0 Å². The molecular formula is C11H17N5O. The van der Waals surface area contributed by atoms with Crippen LogP contribution in [0.15, 0.2) is 0 Å². The van der Waals surface area contributed by atoms with Gasteiger partial charge in [-0.1, -0.05) is 0 Å². The van der Waals surface area contributed by atoms with Crippen molar-refractivity contribution in [2.45, 2.75) is 31.7 Å². The average molecular weight is 235 g/mol. The van der Waals surface area contributed by atoms with Crippen molar-refractivity contribution < 1.29 is 4.79 Å². The van der Waals surface area contributed by atoms with Gasteiger partial charge in [0, 0.05) is 31.6 Å². The van der Waals surface area contributed by atoms with Crippen molar-refractivity contribution >= 4 is 5.91 Å². The molecule has 1 atom stereocenters. The highest BCUT2D eigenvalue weighted by Gasteiger charge is 2.30. The minimum absolute atomic E-state index is 0.0542. The van der Waals surface area contributed by atoms with E-state index < -0.39 is 0 Å². The third kappa shape index (κ3) is 2.17. The maximum absolute atomic E-state index is 12.2. The van der Waals surface area contributed by atoms with Crippen LogP contribution < -0.4 is 5.32 Å². The lowest BCUT2D eigenvalue weighted by molar-refractivity contribution is 0.0697. The summed E-state index contributed by atoms with van der Waals surface area (Å²) in [6.07, 6.45) is 2.32. The molecule has 6 nitrogen and oxygen atoms in total. The molecule has 2 heterocycles. The van der Waals surface area contributed by atoms with Gasteiger partial charge in [-0.3, -0.25) is 9.89 Å². The van der Waals surface area contributed by atoms with Gasteiger partial charge in [0.25, 0.3) is 5.91 Å². The van der Waals surface area contributed by atoms with Crippen LogP contribution in [0.3, 0.4) is 0 Å². The lowest BCUT2D eigenvalue weighted by atomic mass is 10.2. The fraction of sp³-hybridized carbons (Fsp3) is 0.727. The van der Waals surface area contributed by atoms with Crippen LogP contribution in [0.2, 0.25) is 0 Å². The number of H-pyrrole nitrogens is 1.